The summed E-state index contributed by atoms with van der Waals surface area (Å²) in [5.41, 5.74) is 3.78. The highest BCUT2D eigenvalue weighted by atomic mass is 16.5. The summed E-state index contributed by atoms with van der Waals surface area (Å²) in [6.07, 6.45) is 3.76. The number of benzene rings is 4. The third-order valence-corrected chi connectivity index (χ3v) is 7.00. The molecule has 1 unspecified atom stereocenters. The summed E-state index contributed by atoms with van der Waals surface area (Å²) in [5, 5.41) is 5.73. The minimum Gasteiger partial charge on any atom is -0.457 e. The van der Waals surface area contributed by atoms with Crippen LogP contribution in [0, 0.1) is 0 Å². The molecule has 8 nitrogen and oxygen atoms in total. The average molecular weight is 606 g/mol. The van der Waals surface area contributed by atoms with Crippen molar-refractivity contribution < 1.29 is 23.9 Å². The Morgan fingerprint density at radius 3 is 2.18 bits per heavy atom. The van der Waals surface area contributed by atoms with Crippen LogP contribution in [0.25, 0.3) is 5.70 Å². The van der Waals surface area contributed by atoms with E-state index >= 15 is 0 Å². The number of carbonyl (C=O) groups excluding carboxylic acids is 3. The minimum absolute atomic E-state index is 0.00872. The van der Waals surface area contributed by atoms with Gasteiger partial charge in [0.15, 0.2) is 6.29 Å². The van der Waals surface area contributed by atoms with Gasteiger partial charge < -0.3 is 25.0 Å². The van der Waals surface area contributed by atoms with E-state index in [1.807, 2.05) is 104 Å². The molecule has 0 radical (unpaired) electrons. The highest BCUT2D eigenvalue weighted by Gasteiger charge is 2.22. The number of ether oxygens (including phenoxy) is 2. The highest BCUT2D eigenvalue weighted by molar-refractivity contribution is 5.97. The molecule has 2 amide bonds. The van der Waals surface area contributed by atoms with Crippen LogP contribution in [0.1, 0.15) is 41.3 Å². The van der Waals surface area contributed by atoms with Crippen LogP contribution >= 0.6 is 0 Å². The van der Waals surface area contributed by atoms with Crippen LogP contribution < -0.4 is 15.4 Å². The Bertz CT molecular complexity index is 1560. The predicted octanol–water partition coefficient (Wildman–Crippen LogP) is 6.70. The first-order chi connectivity index (χ1) is 22.0. The van der Waals surface area contributed by atoms with Crippen LogP contribution in [-0.2, 0) is 20.9 Å². The Kier molecular flexibility index (Phi) is 12.5. The van der Waals surface area contributed by atoms with Crippen LogP contribution in [0.5, 0.6) is 11.5 Å². The minimum atomic E-state index is -0.923. The van der Waals surface area contributed by atoms with Crippen LogP contribution in [-0.4, -0.2) is 49.2 Å². The predicted molar refractivity (Wildman–Crippen MR) is 177 cm³/mol. The van der Waals surface area contributed by atoms with E-state index in [-0.39, 0.29) is 18.9 Å². The number of carbonyl (C=O) groups is 3. The third-order valence-electron chi connectivity index (χ3n) is 7.00. The van der Waals surface area contributed by atoms with E-state index < -0.39 is 11.9 Å². The summed E-state index contributed by atoms with van der Waals surface area (Å²) >= 11 is 0. The fraction of sp³-hybridized carbons (Fsp3) is 0.216. The molecule has 0 fully saturated rings. The number of rotatable bonds is 16. The summed E-state index contributed by atoms with van der Waals surface area (Å²) in [6, 6.07) is 32.5. The Balaban J connectivity index is 1.39. The van der Waals surface area contributed by atoms with Gasteiger partial charge in [0, 0.05) is 42.5 Å². The molecule has 0 aliphatic carbocycles. The number of aldehydes is 1. The largest absolute Gasteiger partial charge is 0.457 e. The SMILES string of the molecule is CC/C=C(\c1ccccc1C=O)N(C)CCC(=O)NC(COCc1ccccc1)C(=O)Nc1ccc(Oc2ccccc2)cc1. The summed E-state index contributed by atoms with van der Waals surface area (Å²) in [6.45, 7) is 2.70. The molecule has 0 aliphatic heterocycles. The maximum absolute atomic E-state index is 13.4. The topological polar surface area (TPSA) is 97.0 Å². The Labute approximate surface area is 264 Å². The Morgan fingerprint density at radius 1 is 0.844 bits per heavy atom. The van der Waals surface area contributed by atoms with Crippen molar-refractivity contribution in [3.8, 4) is 11.5 Å². The number of hydrogen-bond donors (Lipinski definition) is 2. The Morgan fingerprint density at radius 2 is 1.49 bits per heavy atom. The molecule has 0 bridgehead atoms. The first-order valence-corrected chi connectivity index (χ1v) is 15.0. The molecule has 8 heteroatoms. The number of hydrogen-bond acceptors (Lipinski definition) is 6. The van der Waals surface area contributed by atoms with Crippen LogP contribution in [0.3, 0.4) is 0 Å². The molecule has 4 aromatic carbocycles. The second kappa shape index (κ2) is 17.2. The molecule has 4 rings (SSSR count). The monoisotopic (exact) mass is 605 g/mol. The molecule has 0 heterocycles. The lowest BCUT2D eigenvalue weighted by molar-refractivity contribution is -0.128. The normalized spacial score (nSPS) is 11.7. The van der Waals surface area contributed by atoms with Crippen molar-refractivity contribution in [1.29, 1.82) is 0 Å². The van der Waals surface area contributed by atoms with Crippen molar-refractivity contribution in [2.75, 3.05) is 25.5 Å². The van der Waals surface area contributed by atoms with E-state index in [1.54, 1.807) is 30.3 Å². The fourth-order valence-electron chi connectivity index (χ4n) is 4.67. The van der Waals surface area contributed by atoms with Crippen molar-refractivity contribution in [1.82, 2.24) is 10.2 Å². The second-order valence-corrected chi connectivity index (χ2v) is 10.4. The van der Waals surface area contributed by atoms with Gasteiger partial charge in [0.05, 0.1) is 13.2 Å². The zero-order valence-corrected chi connectivity index (χ0v) is 25.6. The summed E-state index contributed by atoms with van der Waals surface area (Å²) < 4.78 is 11.7. The number of para-hydroxylation sites is 1. The van der Waals surface area contributed by atoms with Crippen molar-refractivity contribution in [3.63, 3.8) is 0 Å². The maximum atomic E-state index is 13.4. The molecular formula is C37H39N3O5. The van der Waals surface area contributed by atoms with Gasteiger partial charge in [-0.2, -0.15) is 0 Å². The van der Waals surface area contributed by atoms with E-state index in [9.17, 15) is 14.4 Å². The molecule has 0 aliphatic rings. The van der Waals surface area contributed by atoms with Gasteiger partial charge in [-0.05, 0) is 48.4 Å². The molecule has 0 saturated carbocycles. The summed E-state index contributed by atoms with van der Waals surface area (Å²) in [4.78, 5) is 40.1. The quantitative estimate of drug-likeness (QED) is 0.138. The van der Waals surface area contributed by atoms with Crippen molar-refractivity contribution in [2.24, 2.45) is 0 Å². The molecule has 0 spiro atoms. The molecule has 45 heavy (non-hydrogen) atoms. The number of allylic oxidation sites excluding steroid dienone is 1. The summed E-state index contributed by atoms with van der Waals surface area (Å²) in [5.74, 6) is 0.652. The molecule has 232 valence electrons. The van der Waals surface area contributed by atoms with Crippen LogP contribution in [0.4, 0.5) is 5.69 Å². The van der Waals surface area contributed by atoms with Gasteiger partial charge in [0.2, 0.25) is 11.8 Å². The lowest BCUT2D eigenvalue weighted by atomic mass is 10.0. The van der Waals surface area contributed by atoms with Crippen molar-refractivity contribution in [2.45, 2.75) is 32.4 Å². The van der Waals surface area contributed by atoms with Gasteiger partial charge >= 0.3 is 0 Å². The second-order valence-electron chi connectivity index (χ2n) is 10.4. The maximum Gasteiger partial charge on any atom is 0.249 e. The van der Waals surface area contributed by atoms with E-state index in [0.29, 0.717) is 35.9 Å². The van der Waals surface area contributed by atoms with Gasteiger partial charge in [-0.25, -0.2) is 0 Å². The highest BCUT2D eigenvalue weighted by Crippen LogP contribution is 2.24. The number of anilines is 1. The number of nitrogens with one attached hydrogen (secondary N) is 2. The molecular weight excluding hydrogens is 566 g/mol. The standard InChI is InChI=1S/C37H39N3O5/c1-3-12-35(33-18-11-10-15-29(33)25-41)40(2)24-23-36(42)39-34(27-44-26-28-13-6-4-7-14-28)37(43)38-30-19-21-32(22-20-30)45-31-16-8-5-9-17-31/h4-22,25,34H,3,23-24,26-27H2,1-2H3,(H,38,43)(H,39,42)/b35-12+. The van der Waals surface area contributed by atoms with E-state index in [0.717, 1.165) is 29.5 Å². The van der Waals surface area contributed by atoms with Gasteiger partial charge in [-0.3, -0.25) is 14.4 Å². The van der Waals surface area contributed by atoms with E-state index in [4.69, 9.17) is 9.47 Å². The van der Waals surface area contributed by atoms with E-state index in [2.05, 4.69) is 10.6 Å². The zero-order chi connectivity index (χ0) is 31.9. The number of nitrogens with zero attached hydrogens (tertiary/aromatic N) is 1. The van der Waals surface area contributed by atoms with Crippen LogP contribution in [0.15, 0.2) is 115 Å². The van der Waals surface area contributed by atoms with Gasteiger partial charge in [-0.15, -0.1) is 0 Å². The average Bonchev–Trinajstić information content (AvgIpc) is 3.07. The lowest BCUT2D eigenvalue weighted by Crippen LogP contribution is -2.47. The molecule has 2 N–H and O–H groups in total. The van der Waals surface area contributed by atoms with Gasteiger partial charge in [0.1, 0.15) is 17.5 Å². The third kappa shape index (κ3) is 10.2. The van der Waals surface area contributed by atoms with Gasteiger partial charge in [0.25, 0.3) is 0 Å². The Hall–Kier alpha value is -5.21. The molecule has 4 aromatic rings. The van der Waals surface area contributed by atoms with Crippen LogP contribution in [0.2, 0.25) is 0 Å². The van der Waals surface area contributed by atoms with E-state index in [1.165, 1.54) is 0 Å². The van der Waals surface area contributed by atoms with Crippen molar-refractivity contribution >= 4 is 29.5 Å². The number of amides is 2. The molecule has 0 aromatic heterocycles. The lowest BCUT2D eigenvalue weighted by Gasteiger charge is -2.25. The smallest absolute Gasteiger partial charge is 0.249 e. The van der Waals surface area contributed by atoms with Gasteiger partial charge in [-0.1, -0.05) is 85.8 Å². The zero-order valence-electron chi connectivity index (χ0n) is 25.6. The fourth-order valence-corrected chi connectivity index (χ4v) is 4.67. The van der Waals surface area contributed by atoms with Crippen molar-refractivity contribution in [3.05, 3.63) is 132 Å². The molecule has 0 saturated heterocycles. The summed E-state index contributed by atoms with van der Waals surface area (Å²) in [7, 11) is 1.88. The first-order valence-electron chi connectivity index (χ1n) is 15.0. The molecule has 1 atom stereocenters. The first kappa shape index (κ1) is 32.7.